The Morgan fingerprint density at radius 3 is 1.96 bits per heavy atom. The molecule has 3 heteroatoms. The molecule has 0 fully saturated rings. The van der Waals surface area contributed by atoms with Gasteiger partial charge in [0.15, 0.2) is 0 Å². The normalized spacial score (nSPS) is 10.8. The summed E-state index contributed by atoms with van der Waals surface area (Å²) in [5.41, 5.74) is 3.88. The van der Waals surface area contributed by atoms with E-state index in [0.717, 1.165) is 22.3 Å². The second-order valence-electron chi connectivity index (χ2n) is 7.03. The molecule has 0 aliphatic heterocycles. The summed E-state index contributed by atoms with van der Waals surface area (Å²) in [4.78, 5) is 14.6. The molecule has 0 saturated carbocycles. The minimum Gasteiger partial charge on any atom is -0.338 e. The summed E-state index contributed by atoms with van der Waals surface area (Å²) in [6, 6.07) is 17.9. The van der Waals surface area contributed by atoms with E-state index in [0.29, 0.717) is 5.71 Å². The molecule has 0 saturated heterocycles. The highest BCUT2D eigenvalue weighted by atomic mass is 16.2. The van der Waals surface area contributed by atoms with Crippen LogP contribution in [0.1, 0.15) is 50.8 Å². The Morgan fingerprint density at radius 2 is 1.42 bits per heavy atom. The molecular formula is C23H28N2O. The molecule has 0 atom stereocenters. The molecule has 0 spiro atoms. The van der Waals surface area contributed by atoms with Gasteiger partial charge >= 0.3 is 0 Å². The van der Waals surface area contributed by atoms with E-state index in [1.54, 1.807) is 0 Å². The SMILES string of the molecule is C=C(c1ccccc1)c1ccccc1C(=N)CC(=O)N(C(C)C)C(C)C. The maximum Gasteiger partial charge on any atom is 0.229 e. The number of carbonyl (C=O) groups excluding carboxylic acids is 1. The second kappa shape index (κ2) is 8.61. The van der Waals surface area contributed by atoms with Gasteiger partial charge in [-0.25, -0.2) is 0 Å². The van der Waals surface area contributed by atoms with Gasteiger partial charge in [-0.1, -0.05) is 61.2 Å². The van der Waals surface area contributed by atoms with E-state index in [-0.39, 0.29) is 24.4 Å². The highest BCUT2D eigenvalue weighted by molar-refractivity contribution is 6.11. The first kappa shape index (κ1) is 19.6. The van der Waals surface area contributed by atoms with E-state index in [2.05, 4.69) is 6.58 Å². The first-order chi connectivity index (χ1) is 12.3. The average molecular weight is 348 g/mol. The van der Waals surface area contributed by atoms with E-state index in [1.807, 2.05) is 87.2 Å². The summed E-state index contributed by atoms with van der Waals surface area (Å²) in [5, 5.41) is 8.54. The van der Waals surface area contributed by atoms with E-state index < -0.39 is 0 Å². The van der Waals surface area contributed by atoms with Crippen LogP contribution in [0.25, 0.3) is 5.57 Å². The van der Waals surface area contributed by atoms with Crippen LogP contribution in [0.4, 0.5) is 0 Å². The van der Waals surface area contributed by atoms with Gasteiger partial charge in [-0.3, -0.25) is 4.79 Å². The van der Waals surface area contributed by atoms with Crippen molar-refractivity contribution in [2.24, 2.45) is 0 Å². The smallest absolute Gasteiger partial charge is 0.229 e. The zero-order chi connectivity index (χ0) is 19.3. The Labute approximate surface area is 156 Å². The lowest BCUT2D eigenvalue weighted by molar-refractivity contribution is -0.133. The highest BCUT2D eigenvalue weighted by Gasteiger charge is 2.22. The molecule has 26 heavy (non-hydrogen) atoms. The topological polar surface area (TPSA) is 44.2 Å². The van der Waals surface area contributed by atoms with E-state index in [1.165, 1.54) is 0 Å². The predicted molar refractivity (Wildman–Crippen MR) is 110 cm³/mol. The molecule has 2 rings (SSSR count). The zero-order valence-electron chi connectivity index (χ0n) is 16.1. The van der Waals surface area contributed by atoms with Gasteiger partial charge in [-0.2, -0.15) is 0 Å². The van der Waals surface area contributed by atoms with Crippen LogP contribution < -0.4 is 0 Å². The van der Waals surface area contributed by atoms with E-state index in [9.17, 15) is 4.79 Å². The largest absolute Gasteiger partial charge is 0.338 e. The monoisotopic (exact) mass is 348 g/mol. The van der Waals surface area contributed by atoms with Crippen LogP contribution in [-0.4, -0.2) is 28.6 Å². The summed E-state index contributed by atoms with van der Waals surface area (Å²) in [6.07, 6.45) is 0.0927. The Bertz CT molecular complexity index is 783. The summed E-state index contributed by atoms with van der Waals surface area (Å²) in [5.74, 6) is -0.0138. The molecule has 3 nitrogen and oxygen atoms in total. The lowest BCUT2D eigenvalue weighted by Gasteiger charge is -2.31. The Hall–Kier alpha value is -2.68. The second-order valence-corrected chi connectivity index (χ2v) is 7.03. The maximum atomic E-state index is 12.7. The fourth-order valence-electron chi connectivity index (χ4n) is 3.31. The van der Waals surface area contributed by atoms with Crippen LogP contribution in [0, 0.1) is 5.41 Å². The van der Waals surface area contributed by atoms with Crippen LogP contribution >= 0.6 is 0 Å². The molecule has 2 aromatic carbocycles. The number of nitrogens with one attached hydrogen (secondary N) is 1. The molecule has 0 heterocycles. The van der Waals surface area contributed by atoms with Crippen LogP contribution in [0.15, 0.2) is 61.2 Å². The zero-order valence-corrected chi connectivity index (χ0v) is 16.1. The molecule has 0 unspecified atom stereocenters. The third kappa shape index (κ3) is 4.48. The van der Waals surface area contributed by atoms with Crippen molar-refractivity contribution >= 4 is 17.2 Å². The number of hydrogen-bond acceptors (Lipinski definition) is 2. The van der Waals surface area contributed by atoms with Gasteiger partial charge in [0, 0.05) is 23.4 Å². The fraction of sp³-hybridized carbons (Fsp3) is 0.304. The lowest BCUT2D eigenvalue weighted by Crippen LogP contribution is -2.42. The third-order valence-electron chi connectivity index (χ3n) is 4.43. The van der Waals surface area contributed by atoms with Crippen molar-refractivity contribution < 1.29 is 4.79 Å². The maximum absolute atomic E-state index is 12.7. The van der Waals surface area contributed by atoms with Gasteiger partial charge < -0.3 is 10.3 Å². The van der Waals surface area contributed by atoms with Crippen molar-refractivity contribution in [2.75, 3.05) is 0 Å². The van der Waals surface area contributed by atoms with E-state index >= 15 is 0 Å². The molecule has 2 aromatic rings. The first-order valence-electron chi connectivity index (χ1n) is 9.05. The Kier molecular flexibility index (Phi) is 6.51. The molecule has 0 aliphatic carbocycles. The standard InChI is InChI=1S/C23H28N2O/c1-16(2)25(17(3)4)23(26)15-22(24)21-14-10-9-13-20(21)18(5)19-11-7-6-8-12-19/h6-14,16-17,24H,5,15H2,1-4H3. The summed E-state index contributed by atoms with van der Waals surface area (Å²) >= 11 is 0. The fourth-order valence-corrected chi connectivity index (χ4v) is 3.31. The minimum absolute atomic E-state index is 0.0138. The molecule has 0 aliphatic rings. The highest BCUT2D eigenvalue weighted by Crippen LogP contribution is 2.25. The van der Waals surface area contributed by atoms with Crippen LogP contribution in [0.5, 0.6) is 0 Å². The number of hydrogen-bond donors (Lipinski definition) is 1. The van der Waals surface area contributed by atoms with Gasteiger partial charge in [-0.05, 0) is 44.4 Å². The van der Waals surface area contributed by atoms with Gasteiger partial charge in [-0.15, -0.1) is 0 Å². The molecule has 0 bridgehead atoms. The van der Waals surface area contributed by atoms with E-state index in [4.69, 9.17) is 5.41 Å². The summed E-state index contributed by atoms with van der Waals surface area (Å²) < 4.78 is 0. The van der Waals surface area contributed by atoms with Crippen molar-refractivity contribution in [3.05, 3.63) is 77.9 Å². The summed E-state index contributed by atoms with van der Waals surface area (Å²) in [7, 11) is 0. The van der Waals surface area contributed by atoms with Gasteiger partial charge in [0.25, 0.3) is 0 Å². The van der Waals surface area contributed by atoms with Crippen molar-refractivity contribution in [2.45, 2.75) is 46.2 Å². The van der Waals surface area contributed by atoms with Crippen molar-refractivity contribution in [3.63, 3.8) is 0 Å². The van der Waals surface area contributed by atoms with Gasteiger partial charge in [0.2, 0.25) is 5.91 Å². The molecule has 0 radical (unpaired) electrons. The Morgan fingerprint density at radius 1 is 0.923 bits per heavy atom. The van der Waals surface area contributed by atoms with Crippen molar-refractivity contribution in [3.8, 4) is 0 Å². The molecule has 1 amide bonds. The summed E-state index contributed by atoms with van der Waals surface area (Å²) in [6.45, 7) is 12.2. The lowest BCUT2D eigenvalue weighted by atomic mass is 9.92. The molecule has 136 valence electrons. The van der Waals surface area contributed by atoms with Crippen molar-refractivity contribution in [1.82, 2.24) is 4.90 Å². The van der Waals surface area contributed by atoms with Crippen LogP contribution in [0.3, 0.4) is 0 Å². The Balaban J connectivity index is 2.28. The quantitative estimate of drug-likeness (QED) is 0.691. The third-order valence-corrected chi connectivity index (χ3v) is 4.43. The first-order valence-corrected chi connectivity index (χ1v) is 9.05. The number of benzene rings is 2. The predicted octanol–water partition coefficient (Wildman–Crippen LogP) is 5.15. The molecular weight excluding hydrogens is 320 g/mol. The minimum atomic E-state index is -0.0138. The number of rotatable bonds is 7. The molecule has 1 N–H and O–H groups in total. The number of carbonyl (C=O) groups is 1. The number of nitrogens with zero attached hydrogens (tertiary/aromatic N) is 1. The van der Waals surface area contributed by atoms with Crippen LogP contribution in [0.2, 0.25) is 0 Å². The van der Waals surface area contributed by atoms with Gasteiger partial charge in [0.1, 0.15) is 0 Å². The van der Waals surface area contributed by atoms with Crippen molar-refractivity contribution in [1.29, 1.82) is 5.41 Å². The average Bonchev–Trinajstić information content (AvgIpc) is 2.61. The van der Waals surface area contributed by atoms with Gasteiger partial charge in [0.05, 0.1) is 6.42 Å². The van der Waals surface area contributed by atoms with Crippen LogP contribution in [-0.2, 0) is 4.79 Å². The number of amides is 1. The molecule has 0 aromatic heterocycles.